The van der Waals surface area contributed by atoms with Crippen LogP contribution in [0.2, 0.25) is 0 Å². The normalized spacial score (nSPS) is 14.1. The van der Waals surface area contributed by atoms with E-state index in [1.807, 2.05) is 88.8 Å². The van der Waals surface area contributed by atoms with Gasteiger partial charge in [-0.1, -0.05) is 36.4 Å². The summed E-state index contributed by atoms with van der Waals surface area (Å²) in [5, 5.41) is 5.33. The number of fused-ring (bicyclic) bond motifs is 1. The van der Waals surface area contributed by atoms with Gasteiger partial charge in [-0.15, -0.1) is 11.3 Å². The lowest BCUT2D eigenvalue weighted by Gasteiger charge is -2.31. The molecule has 1 aliphatic carbocycles. The first-order valence-corrected chi connectivity index (χ1v) is 13.8. The molecule has 1 heterocycles. The molecule has 4 rings (SSSR count). The molecule has 1 N–H and O–H groups in total. The van der Waals surface area contributed by atoms with Crippen LogP contribution in [0.15, 0.2) is 53.9 Å². The Bertz CT molecular complexity index is 1330. The smallest absolute Gasteiger partial charge is 0.307 e. The maximum absolute atomic E-state index is 14.0. The summed E-state index contributed by atoms with van der Waals surface area (Å²) in [5.74, 6) is -0.614. The minimum absolute atomic E-state index is 0.00135. The van der Waals surface area contributed by atoms with E-state index < -0.39 is 11.0 Å². The fourth-order valence-electron chi connectivity index (χ4n) is 4.91. The van der Waals surface area contributed by atoms with Gasteiger partial charge >= 0.3 is 5.97 Å². The van der Waals surface area contributed by atoms with Crippen molar-refractivity contribution in [3.8, 4) is 11.3 Å². The molecule has 206 valence electrons. The number of aromatic nitrogens is 1. The first-order valence-electron chi connectivity index (χ1n) is 12.9. The van der Waals surface area contributed by atoms with Crippen LogP contribution in [0.25, 0.3) is 11.3 Å². The van der Waals surface area contributed by atoms with Crippen LogP contribution in [-0.4, -0.2) is 61.0 Å². The molecule has 0 radical (unpaired) electrons. The molecule has 0 saturated heterocycles. The molecule has 9 heteroatoms. The molecule has 0 bridgehead atoms. The number of esters is 1. The Kier molecular flexibility index (Phi) is 8.23. The second-order valence-electron chi connectivity index (χ2n) is 11.4. The van der Waals surface area contributed by atoms with Crippen LogP contribution in [0.4, 0.5) is 10.8 Å². The molecule has 1 aromatic heterocycles. The van der Waals surface area contributed by atoms with Crippen molar-refractivity contribution in [1.29, 1.82) is 0 Å². The number of hydrogen-bond acceptors (Lipinski definition) is 7. The molecule has 8 nitrogen and oxygen atoms in total. The van der Waals surface area contributed by atoms with Crippen molar-refractivity contribution < 1.29 is 19.1 Å². The van der Waals surface area contributed by atoms with Gasteiger partial charge in [0.15, 0.2) is 5.13 Å². The van der Waals surface area contributed by atoms with Crippen LogP contribution in [-0.2, 0) is 32.0 Å². The number of thiazole rings is 1. The number of amides is 2. The number of likely N-dealkylation sites (N-methyl/N-ethyl adjacent to an activating group) is 1. The summed E-state index contributed by atoms with van der Waals surface area (Å²) in [7, 11) is 5.40. The molecular formula is C30H36N4O4S. The van der Waals surface area contributed by atoms with Gasteiger partial charge in [0.2, 0.25) is 11.8 Å². The zero-order valence-corrected chi connectivity index (χ0v) is 24.2. The van der Waals surface area contributed by atoms with Crippen molar-refractivity contribution in [2.24, 2.45) is 5.41 Å². The van der Waals surface area contributed by atoms with Crippen molar-refractivity contribution >= 4 is 39.9 Å². The van der Waals surface area contributed by atoms with Gasteiger partial charge in [0.05, 0.1) is 24.1 Å². The van der Waals surface area contributed by atoms with Gasteiger partial charge in [0.25, 0.3) is 0 Å². The highest BCUT2D eigenvalue weighted by Gasteiger charge is 2.48. The van der Waals surface area contributed by atoms with E-state index >= 15 is 0 Å². The van der Waals surface area contributed by atoms with Crippen molar-refractivity contribution in [2.75, 3.05) is 37.9 Å². The molecule has 2 amide bonds. The molecule has 0 aliphatic heterocycles. The Balaban J connectivity index is 1.52. The maximum Gasteiger partial charge on any atom is 0.307 e. The maximum atomic E-state index is 14.0. The number of nitrogens with zero attached hydrogens (tertiary/aromatic N) is 3. The predicted octanol–water partition coefficient (Wildman–Crippen LogP) is 4.79. The average Bonchev–Trinajstić information content (AvgIpc) is 3.47. The van der Waals surface area contributed by atoms with E-state index in [9.17, 15) is 14.4 Å². The second kappa shape index (κ2) is 11.3. The third-order valence-electron chi connectivity index (χ3n) is 6.54. The summed E-state index contributed by atoms with van der Waals surface area (Å²) in [6.07, 6.45) is 0.955. The monoisotopic (exact) mass is 548 g/mol. The zero-order chi connectivity index (χ0) is 28.4. The van der Waals surface area contributed by atoms with Crippen LogP contribution in [0.1, 0.15) is 38.3 Å². The third-order valence-corrected chi connectivity index (χ3v) is 7.46. The van der Waals surface area contributed by atoms with Gasteiger partial charge in [-0.05, 0) is 71.0 Å². The quantitative estimate of drug-likeness (QED) is 0.407. The summed E-state index contributed by atoms with van der Waals surface area (Å²) in [5.41, 5.74) is 2.92. The molecule has 0 atom stereocenters. The average molecular weight is 549 g/mol. The van der Waals surface area contributed by atoms with Crippen molar-refractivity contribution in [2.45, 2.75) is 45.6 Å². The van der Waals surface area contributed by atoms with Gasteiger partial charge in [0, 0.05) is 23.7 Å². The minimum atomic E-state index is -0.932. The Labute approximate surface area is 234 Å². The lowest BCUT2D eigenvalue weighted by atomic mass is 9.80. The molecule has 2 aromatic carbocycles. The lowest BCUT2D eigenvalue weighted by Crippen LogP contribution is -2.45. The number of anilines is 2. The summed E-state index contributed by atoms with van der Waals surface area (Å²) in [6, 6.07) is 15.4. The molecule has 0 saturated carbocycles. The number of carbonyl (C=O) groups is 3. The fourth-order valence-corrected chi connectivity index (χ4v) is 5.70. The molecule has 3 aromatic rings. The van der Waals surface area contributed by atoms with E-state index in [1.54, 1.807) is 16.8 Å². The number of rotatable bonds is 8. The Hall–Kier alpha value is -3.56. The van der Waals surface area contributed by atoms with Crippen LogP contribution in [0.5, 0.6) is 0 Å². The van der Waals surface area contributed by atoms with E-state index in [0.717, 1.165) is 22.4 Å². The topological polar surface area (TPSA) is 91.8 Å². The van der Waals surface area contributed by atoms with Crippen LogP contribution in [0.3, 0.4) is 0 Å². The van der Waals surface area contributed by atoms with Crippen molar-refractivity contribution in [1.82, 2.24) is 9.88 Å². The summed E-state index contributed by atoms with van der Waals surface area (Å²) in [4.78, 5) is 47.1. The van der Waals surface area contributed by atoms with Crippen molar-refractivity contribution in [3.63, 3.8) is 0 Å². The highest BCUT2D eigenvalue weighted by molar-refractivity contribution is 7.14. The predicted molar refractivity (Wildman–Crippen MR) is 155 cm³/mol. The number of carbonyl (C=O) groups excluding carboxylic acids is 3. The number of hydrogen-bond donors (Lipinski definition) is 1. The summed E-state index contributed by atoms with van der Waals surface area (Å²) in [6.45, 7) is 5.79. The van der Waals surface area contributed by atoms with Crippen LogP contribution in [0, 0.1) is 5.41 Å². The molecule has 1 aliphatic rings. The first-order chi connectivity index (χ1) is 18.3. The van der Waals surface area contributed by atoms with Gasteiger partial charge in [0.1, 0.15) is 5.60 Å². The zero-order valence-electron chi connectivity index (χ0n) is 23.4. The summed E-state index contributed by atoms with van der Waals surface area (Å²) >= 11 is 1.38. The Morgan fingerprint density at radius 3 is 2.18 bits per heavy atom. The van der Waals surface area contributed by atoms with Crippen LogP contribution >= 0.6 is 11.3 Å². The van der Waals surface area contributed by atoms with E-state index in [-0.39, 0.29) is 24.2 Å². The first kappa shape index (κ1) is 28.4. The fraction of sp³-hybridized carbons (Fsp3) is 0.400. The second-order valence-corrected chi connectivity index (χ2v) is 12.2. The van der Waals surface area contributed by atoms with Gasteiger partial charge in [-0.3, -0.25) is 19.3 Å². The molecule has 0 unspecified atom stereocenters. The molecular weight excluding hydrogens is 512 g/mol. The lowest BCUT2D eigenvalue weighted by molar-refractivity contribution is -0.159. The van der Waals surface area contributed by atoms with Gasteiger partial charge < -0.3 is 15.0 Å². The highest BCUT2D eigenvalue weighted by Crippen LogP contribution is 2.43. The number of ether oxygens (including phenoxy) is 1. The number of benzene rings is 2. The highest BCUT2D eigenvalue weighted by atomic mass is 32.1. The van der Waals surface area contributed by atoms with E-state index in [2.05, 4.69) is 5.32 Å². The standard InChI is InChI=1S/C30H36N4O4S/c1-29(2,3)38-26(36)17-30(15-21-9-7-8-10-22(21)16-30)27(37)34(6)28-32-24(19-39-28)20-11-13-23(14-12-20)31-25(35)18-33(4)5/h7-14,19H,15-18H2,1-6H3,(H,31,35). The number of nitrogens with one attached hydrogen (secondary N) is 1. The largest absolute Gasteiger partial charge is 0.460 e. The molecule has 0 fully saturated rings. The Morgan fingerprint density at radius 2 is 1.62 bits per heavy atom. The molecule has 0 spiro atoms. The van der Waals surface area contributed by atoms with Gasteiger partial charge in [-0.25, -0.2) is 4.98 Å². The van der Waals surface area contributed by atoms with E-state index in [4.69, 9.17) is 9.72 Å². The third kappa shape index (κ3) is 6.91. The minimum Gasteiger partial charge on any atom is -0.460 e. The van der Waals surface area contributed by atoms with E-state index in [1.165, 1.54) is 11.3 Å². The Morgan fingerprint density at radius 1 is 1.00 bits per heavy atom. The SMILES string of the molecule is CN(C)CC(=O)Nc1ccc(-c2csc(N(C)C(=O)C3(CC(=O)OC(C)(C)C)Cc4ccccc4C3)n2)cc1. The van der Waals surface area contributed by atoms with Gasteiger partial charge in [-0.2, -0.15) is 0 Å². The molecule has 39 heavy (non-hydrogen) atoms. The summed E-state index contributed by atoms with van der Waals surface area (Å²) < 4.78 is 5.62. The van der Waals surface area contributed by atoms with Crippen molar-refractivity contribution in [3.05, 3.63) is 65.0 Å². The van der Waals surface area contributed by atoms with E-state index in [0.29, 0.717) is 30.2 Å². The van der Waals surface area contributed by atoms with Crippen LogP contribution < -0.4 is 10.2 Å².